The molecule has 1 rings (SSSR count). The minimum atomic E-state index is -1.66. The first-order chi connectivity index (χ1) is 5.52. The van der Waals surface area contributed by atoms with Crippen molar-refractivity contribution in [3.63, 3.8) is 0 Å². The van der Waals surface area contributed by atoms with Gasteiger partial charge in [-0.1, -0.05) is 13.8 Å². The van der Waals surface area contributed by atoms with Crippen LogP contribution in [0, 0.1) is 11.8 Å². The van der Waals surface area contributed by atoms with Crippen LogP contribution in [0.2, 0.25) is 0 Å². The average molecular weight is 174 g/mol. The number of carbonyl (C=O) groups excluding carboxylic acids is 1. The molecule has 0 bridgehead atoms. The van der Waals surface area contributed by atoms with Gasteiger partial charge in [-0.25, -0.2) is 9.18 Å². The van der Waals surface area contributed by atoms with Crippen LogP contribution in [-0.2, 0) is 9.53 Å². The van der Waals surface area contributed by atoms with E-state index in [0.717, 1.165) is 0 Å². The van der Waals surface area contributed by atoms with E-state index in [-0.39, 0.29) is 18.4 Å². The van der Waals surface area contributed by atoms with Gasteiger partial charge < -0.3 is 4.74 Å². The lowest BCUT2D eigenvalue weighted by Gasteiger charge is -2.08. The third kappa shape index (κ3) is 1.45. The van der Waals surface area contributed by atoms with Crippen molar-refractivity contribution in [2.24, 2.45) is 11.8 Å². The molecular formula is C9H15FO2. The van der Waals surface area contributed by atoms with E-state index in [9.17, 15) is 9.18 Å². The lowest BCUT2D eigenvalue weighted by atomic mass is 10.1. The standard InChI is InChI=1S/C9H15FO2/c1-4-12-8(11)9(10)5-7(9)6(2)3/h6-7H,4-5H2,1-3H3. The molecule has 3 heteroatoms. The van der Waals surface area contributed by atoms with Crippen molar-refractivity contribution >= 4 is 5.97 Å². The quantitative estimate of drug-likeness (QED) is 0.611. The minimum Gasteiger partial charge on any atom is -0.464 e. The van der Waals surface area contributed by atoms with Gasteiger partial charge in [-0.05, 0) is 19.3 Å². The van der Waals surface area contributed by atoms with Crippen LogP contribution in [0.25, 0.3) is 0 Å². The molecule has 1 aliphatic carbocycles. The van der Waals surface area contributed by atoms with Gasteiger partial charge in [-0.3, -0.25) is 0 Å². The summed E-state index contributed by atoms with van der Waals surface area (Å²) in [7, 11) is 0. The molecule has 2 unspecified atom stereocenters. The lowest BCUT2D eigenvalue weighted by Crippen LogP contribution is -2.24. The Hall–Kier alpha value is -0.600. The van der Waals surface area contributed by atoms with Crippen molar-refractivity contribution in [2.45, 2.75) is 32.9 Å². The van der Waals surface area contributed by atoms with Crippen LogP contribution in [0.3, 0.4) is 0 Å². The zero-order chi connectivity index (χ0) is 9.35. The van der Waals surface area contributed by atoms with Crippen LogP contribution >= 0.6 is 0 Å². The van der Waals surface area contributed by atoms with Gasteiger partial charge >= 0.3 is 5.97 Å². The highest BCUT2D eigenvalue weighted by molar-refractivity contribution is 5.83. The molecular weight excluding hydrogens is 159 g/mol. The second-order valence-corrected chi connectivity index (χ2v) is 3.64. The maximum atomic E-state index is 13.5. The van der Waals surface area contributed by atoms with E-state index in [1.165, 1.54) is 0 Å². The van der Waals surface area contributed by atoms with E-state index in [4.69, 9.17) is 0 Å². The third-order valence-electron chi connectivity index (χ3n) is 2.36. The van der Waals surface area contributed by atoms with Gasteiger partial charge in [0.05, 0.1) is 6.61 Å². The smallest absolute Gasteiger partial charge is 0.344 e. The van der Waals surface area contributed by atoms with E-state index in [1.54, 1.807) is 6.92 Å². The number of rotatable bonds is 3. The van der Waals surface area contributed by atoms with Gasteiger partial charge in [0.1, 0.15) is 0 Å². The molecule has 1 saturated carbocycles. The maximum absolute atomic E-state index is 13.5. The fourth-order valence-electron chi connectivity index (χ4n) is 1.51. The fraction of sp³-hybridized carbons (Fsp3) is 0.889. The topological polar surface area (TPSA) is 26.3 Å². The van der Waals surface area contributed by atoms with E-state index < -0.39 is 11.6 Å². The predicted molar refractivity (Wildman–Crippen MR) is 43.4 cm³/mol. The molecule has 1 aliphatic rings. The van der Waals surface area contributed by atoms with E-state index in [2.05, 4.69) is 4.74 Å². The monoisotopic (exact) mass is 174 g/mol. The molecule has 2 nitrogen and oxygen atoms in total. The van der Waals surface area contributed by atoms with Crippen LogP contribution in [-0.4, -0.2) is 18.2 Å². The molecule has 0 saturated heterocycles. The molecule has 0 spiro atoms. The Balaban J connectivity index is 2.49. The van der Waals surface area contributed by atoms with Crippen molar-refractivity contribution in [1.82, 2.24) is 0 Å². The average Bonchev–Trinajstić information content (AvgIpc) is 2.65. The normalized spacial score (nSPS) is 33.6. The fourth-order valence-corrected chi connectivity index (χ4v) is 1.51. The first-order valence-corrected chi connectivity index (χ1v) is 4.38. The van der Waals surface area contributed by atoms with Gasteiger partial charge in [-0.15, -0.1) is 0 Å². The molecule has 12 heavy (non-hydrogen) atoms. The van der Waals surface area contributed by atoms with Crippen molar-refractivity contribution in [1.29, 1.82) is 0 Å². The largest absolute Gasteiger partial charge is 0.464 e. The molecule has 70 valence electrons. The highest BCUT2D eigenvalue weighted by atomic mass is 19.1. The number of ether oxygens (including phenoxy) is 1. The van der Waals surface area contributed by atoms with Crippen molar-refractivity contribution < 1.29 is 13.9 Å². The first-order valence-electron chi connectivity index (χ1n) is 4.38. The number of hydrogen-bond donors (Lipinski definition) is 0. The Bertz CT molecular complexity index is 191. The van der Waals surface area contributed by atoms with Crippen molar-refractivity contribution in [3.8, 4) is 0 Å². The minimum absolute atomic E-state index is 0.128. The highest BCUT2D eigenvalue weighted by Gasteiger charge is 2.63. The van der Waals surface area contributed by atoms with Crippen molar-refractivity contribution in [3.05, 3.63) is 0 Å². The van der Waals surface area contributed by atoms with Crippen molar-refractivity contribution in [2.75, 3.05) is 6.61 Å². The predicted octanol–water partition coefficient (Wildman–Crippen LogP) is 1.93. The molecule has 0 radical (unpaired) electrons. The summed E-state index contributed by atoms with van der Waals surface area (Å²) in [6.45, 7) is 5.79. The summed E-state index contributed by atoms with van der Waals surface area (Å²) in [4.78, 5) is 11.0. The van der Waals surface area contributed by atoms with E-state index in [0.29, 0.717) is 6.42 Å². The summed E-state index contributed by atoms with van der Waals surface area (Å²) in [6.07, 6.45) is 0.337. The van der Waals surface area contributed by atoms with E-state index in [1.807, 2.05) is 13.8 Å². The zero-order valence-corrected chi connectivity index (χ0v) is 7.76. The van der Waals surface area contributed by atoms with Crippen LogP contribution in [0.1, 0.15) is 27.2 Å². The number of hydrogen-bond acceptors (Lipinski definition) is 2. The Labute approximate surface area is 72.1 Å². The first kappa shape index (κ1) is 9.49. The Morgan fingerprint density at radius 1 is 1.75 bits per heavy atom. The highest BCUT2D eigenvalue weighted by Crippen LogP contribution is 2.52. The van der Waals surface area contributed by atoms with Crippen LogP contribution in [0.4, 0.5) is 4.39 Å². The van der Waals surface area contributed by atoms with E-state index >= 15 is 0 Å². The Kier molecular flexibility index (Phi) is 2.40. The Morgan fingerprint density at radius 2 is 2.33 bits per heavy atom. The molecule has 0 aliphatic heterocycles. The summed E-state index contributed by atoms with van der Waals surface area (Å²) in [5, 5.41) is 0. The molecule has 1 fully saturated rings. The van der Waals surface area contributed by atoms with Gasteiger partial charge in [0.2, 0.25) is 5.67 Å². The molecule has 0 aromatic rings. The molecule has 0 amide bonds. The molecule has 0 N–H and O–H groups in total. The lowest BCUT2D eigenvalue weighted by molar-refractivity contribution is -0.151. The van der Waals surface area contributed by atoms with Gasteiger partial charge in [0.15, 0.2) is 0 Å². The second-order valence-electron chi connectivity index (χ2n) is 3.64. The number of halogens is 1. The Morgan fingerprint density at radius 3 is 2.67 bits per heavy atom. The number of alkyl halides is 1. The zero-order valence-electron chi connectivity index (χ0n) is 7.76. The summed E-state index contributed by atoms with van der Waals surface area (Å²) >= 11 is 0. The SMILES string of the molecule is CCOC(=O)C1(F)CC1C(C)C. The summed E-state index contributed by atoms with van der Waals surface area (Å²) in [6, 6.07) is 0. The summed E-state index contributed by atoms with van der Waals surface area (Å²) in [5.74, 6) is -0.584. The van der Waals surface area contributed by atoms with Crippen LogP contribution in [0.15, 0.2) is 0 Å². The van der Waals surface area contributed by atoms with Gasteiger partial charge in [0, 0.05) is 5.92 Å². The van der Waals surface area contributed by atoms with Gasteiger partial charge in [-0.2, -0.15) is 0 Å². The number of esters is 1. The molecule has 0 aromatic heterocycles. The molecule has 0 aromatic carbocycles. The third-order valence-corrected chi connectivity index (χ3v) is 2.36. The molecule has 2 atom stereocenters. The summed E-state index contributed by atoms with van der Waals surface area (Å²) < 4.78 is 18.2. The van der Waals surface area contributed by atoms with Gasteiger partial charge in [0.25, 0.3) is 0 Å². The maximum Gasteiger partial charge on any atom is 0.344 e. The summed E-state index contributed by atoms with van der Waals surface area (Å²) in [5.41, 5.74) is -1.66. The second kappa shape index (κ2) is 3.04. The van der Waals surface area contributed by atoms with Crippen LogP contribution in [0.5, 0.6) is 0 Å². The molecule has 0 heterocycles. The van der Waals surface area contributed by atoms with Crippen LogP contribution < -0.4 is 0 Å². The number of carbonyl (C=O) groups is 1.